The predicted molar refractivity (Wildman–Crippen MR) is 117 cm³/mol. The standard InChI is InChI=1S/C20H15N5O3.C2HF3O2/c21-28-20(27)17-3-1-2-14-12-25(24-18(14)17)16-6-4-15(5-7-16)23-19(26)13-8-10-22-11-9-13;3-2(4,5)1(6)7/h1-12H,21H2,(H,23,26);(H,6,7). The number of nitrogens with zero attached hydrogens (tertiary/aromatic N) is 3. The zero-order valence-electron chi connectivity index (χ0n) is 17.6. The predicted octanol–water partition coefficient (Wildman–Crippen LogP) is 3.34. The molecule has 0 spiro atoms. The molecular formula is C22H16F3N5O5. The van der Waals surface area contributed by atoms with E-state index in [0.717, 1.165) is 11.1 Å². The summed E-state index contributed by atoms with van der Waals surface area (Å²) in [5.41, 5.74) is 2.73. The van der Waals surface area contributed by atoms with E-state index in [2.05, 4.69) is 20.2 Å². The third kappa shape index (κ3) is 6.17. The molecule has 0 fully saturated rings. The molecule has 0 saturated carbocycles. The molecule has 35 heavy (non-hydrogen) atoms. The first-order valence-corrected chi connectivity index (χ1v) is 9.61. The molecule has 2 aromatic carbocycles. The van der Waals surface area contributed by atoms with Gasteiger partial charge in [0.1, 0.15) is 5.52 Å². The highest BCUT2D eigenvalue weighted by Crippen LogP contribution is 2.21. The summed E-state index contributed by atoms with van der Waals surface area (Å²) in [5, 5.41) is 15.2. The van der Waals surface area contributed by atoms with Crippen molar-refractivity contribution in [2.45, 2.75) is 6.18 Å². The number of aromatic nitrogens is 3. The average Bonchev–Trinajstić information content (AvgIpc) is 3.29. The molecule has 180 valence electrons. The van der Waals surface area contributed by atoms with Crippen LogP contribution < -0.4 is 11.2 Å². The second kappa shape index (κ2) is 10.4. The number of halogens is 3. The van der Waals surface area contributed by atoms with Crippen molar-refractivity contribution in [3.63, 3.8) is 0 Å². The zero-order chi connectivity index (χ0) is 25.6. The minimum atomic E-state index is -5.08. The molecule has 0 bridgehead atoms. The van der Waals surface area contributed by atoms with Crippen molar-refractivity contribution >= 4 is 34.4 Å². The first-order valence-electron chi connectivity index (χ1n) is 9.61. The molecule has 10 nitrogen and oxygen atoms in total. The van der Waals surface area contributed by atoms with Gasteiger partial charge in [-0.1, -0.05) is 12.1 Å². The van der Waals surface area contributed by atoms with Gasteiger partial charge in [-0.05, 0) is 42.5 Å². The van der Waals surface area contributed by atoms with Crippen LogP contribution in [0.25, 0.3) is 16.6 Å². The summed E-state index contributed by atoms with van der Waals surface area (Å²) in [6, 6.07) is 15.6. The highest BCUT2D eigenvalue weighted by Gasteiger charge is 2.38. The Balaban J connectivity index is 0.000000429. The molecule has 4 aromatic rings. The lowest BCUT2D eigenvalue weighted by Crippen LogP contribution is -2.21. The minimum absolute atomic E-state index is 0.218. The summed E-state index contributed by atoms with van der Waals surface area (Å²) in [5.74, 6) is 1.37. The van der Waals surface area contributed by atoms with Gasteiger partial charge in [-0.15, -0.1) is 0 Å². The first-order chi connectivity index (χ1) is 16.6. The number of carboxylic acid groups (broad SMARTS) is 1. The number of nitrogens with one attached hydrogen (secondary N) is 1. The number of hydrogen-bond donors (Lipinski definition) is 3. The van der Waals surface area contributed by atoms with Gasteiger partial charge >= 0.3 is 18.1 Å². The Morgan fingerprint density at radius 3 is 2.20 bits per heavy atom. The van der Waals surface area contributed by atoms with Crippen LogP contribution in [0.1, 0.15) is 20.7 Å². The lowest BCUT2D eigenvalue weighted by molar-refractivity contribution is -0.192. The van der Waals surface area contributed by atoms with E-state index in [-0.39, 0.29) is 5.91 Å². The maximum absolute atomic E-state index is 12.2. The maximum atomic E-state index is 12.2. The Kier molecular flexibility index (Phi) is 7.41. The van der Waals surface area contributed by atoms with Crippen LogP contribution in [-0.4, -0.2) is 43.9 Å². The van der Waals surface area contributed by atoms with Crippen LogP contribution in [-0.2, 0) is 9.63 Å². The summed E-state index contributed by atoms with van der Waals surface area (Å²) >= 11 is 0. The lowest BCUT2D eigenvalue weighted by Gasteiger charge is -2.06. The van der Waals surface area contributed by atoms with Crippen LogP contribution in [0.4, 0.5) is 18.9 Å². The molecule has 0 aliphatic rings. The summed E-state index contributed by atoms with van der Waals surface area (Å²) in [6.45, 7) is 0. The average molecular weight is 487 g/mol. The number of benzene rings is 2. The van der Waals surface area contributed by atoms with Crippen molar-refractivity contribution in [3.8, 4) is 5.69 Å². The Morgan fingerprint density at radius 2 is 1.63 bits per heavy atom. The number of carboxylic acids is 1. The normalized spacial score (nSPS) is 10.7. The summed E-state index contributed by atoms with van der Waals surface area (Å²) < 4.78 is 33.4. The molecule has 0 saturated heterocycles. The van der Waals surface area contributed by atoms with E-state index in [1.807, 2.05) is 18.2 Å². The number of nitrogens with two attached hydrogens (primary N) is 1. The lowest BCUT2D eigenvalue weighted by atomic mass is 10.1. The van der Waals surface area contributed by atoms with Crippen molar-refractivity contribution in [2.75, 3.05) is 5.32 Å². The highest BCUT2D eigenvalue weighted by molar-refractivity contribution is 6.04. The van der Waals surface area contributed by atoms with Crippen molar-refractivity contribution < 1.29 is 37.5 Å². The molecule has 13 heteroatoms. The SMILES string of the molecule is NOC(=O)c1cccc2cn(-c3ccc(NC(=O)c4ccncc4)cc3)nc12.O=C(O)C(F)(F)F. The van der Waals surface area contributed by atoms with Crippen molar-refractivity contribution in [3.05, 3.63) is 84.3 Å². The van der Waals surface area contributed by atoms with Crippen molar-refractivity contribution in [1.29, 1.82) is 0 Å². The van der Waals surface area contributed by atoms with E-state index in [4.69, 9.17) is 15.8 Å². The number of hydrogen-bond acceptors (Lipinski definition) is 7. The van der Waals surface area contributed by atoms with Gasteiger partial charge in [-0.2, -0.15) is 24.2 Å². The fourth-order valence-electron chi connectivity index (χ4n) is 2.81. The van der Waals surface area contributed by atoms with Gasteiger partial charge < -0.3 is 15.3 Å². The second-order valence-electron chi connectivity index (χ2n) is 6.76. The van der Waals surface area contributed by atoms with Crippen LogP contribution in [0.15, 0.2) is 73.2 Å². The molecule has 0 atom stereocenters. The quantitative estimate of drug-likeness (QED) is 0.371. The van der Waals surface area contributed by atoms with E-state index in [1.165, 1.54) is 0 Å². The molecular weight excluding hydrogens is 471 g/mol. The summed E-state index contributed by atoms with van der Waals surface area (Å²) in [4.78, 5) is 41.1. The van der Waals surface area contributed by atoms with Gasteiger partial charge in [0, 0.05) is 35.2 Å². The van der Waals surface area contributed by atoms with Gasteiger partial charge in [0.25, 0.3) is 5.91 Å². The third-order valence-electron chi connectivity index (χ3n) is 4.44. The topological polar surface area (TPSA) is 149 Å². The Hall–Kier alpha value is -4.78. The van der Waals surface area contributed by atoms with Crippen LogP contribution >= 0.6 is 0 Å². The number of carbonyl (C=O) groups is 3. The monoisotopic (exact) mass is 487 g/mol. The van der Waals surface area contributed by atoms with Gasteiger partial charge in [-0.3, -0.25) is 9.78 Å². The molecule has 2 aromatic heterocycles. The number of anilines is 1. The minimum Gasteiger partial charge on any atom is -0.475 e. The summed E-state index contributed by atoms with van der Waals surface area (Å²) in [6.07, 6.45) is -0.155. The number of aliphatic carboxylic acids is 1. The number of rotatable bonds is 4. The molecule has 0 aliphatic carbocycles. The van der Waals surface area contributed by atoms with Crippen LogP contribution in [0, 0.1) is 0 Å². The number of alkyl halides is 3. The van der Waals surface area contributed by atoms with E-state index < -0.39 is 18.1 Å². The number of carbonyl (C=O) groups excluding carboxylic acids is 2. The fourth-order valence-corrected chi connectivity index (χ4v) is 2.81. The molecule has 0 radical (unpaired) electrons. The van der Waals surface area contributed by atoms with Crippen LogP contribution in [0.5, 0.6) is 0 Å². The number of pyridine rings is 1. The van der Waals surface area contributed by atoms with Crippen molar-refractivity contribution in [2.24, 2.45) is 5.90 Å². The molecule has 0 aliphatic heterocycles. The van der Waals surface area contributed by atoms with E-state index in [9.17, 15) is 22.8 Å². The van der Waals surface area contributed by atoms with Gasteiger partial charge in [0.2, 0.25) is 0 Å². The van der Waals surface area contributed by atoms with Crippen LogP contribution in [0.2, 0.25) is 0 Å². The Bertz CT molecular complexity index is 1360. The van der Waals surface area contributed by atoms with Crippen molar-refractivity contribution in [1.82, 2.24) is 14.8 Å². The van der Waals surface area contributed by atoms with Gasteiger partial charge in [0.05, 0.1) is 11.3 Å². The largest absolute Gasteiger partial charge is 0.490 e. The number of amides is 1. The van der Waals surface area contributed by atoms with Gasteiger partial charge in [0.15, 0.2) is 0 Å². The summed E-state index contributed by atoms with van der Waals surface area (Å²) in [7, 11) is 0. The Morgan fingerprint density at radius 1 is 1.00 bits per heavy atom. The molecule has 4 rings (SSSR count). The molecule has 4 N–H and O–H groups in total. The number of fused-ring (bicyclic) bond motifs is 1. The Labute approximate surface area is 194 Å². The third-order valence-corrected chi connectivity index (χ3v) is 4.44. The molecule has 0 unspecified atom stereocenters. The van der Waals surface area contributed by atoms with E-state index in [1.54, 1.807) is 59.7 Å². The highest BCUT2D eigenvalue weighted by atomic mass is 19.4. The van der Waals surface area contributed by atoms with E-state index in [0.29, 0.717) is 22.3 Å². The smallest absolute Gasteiger partial charge is 0.475 e. The van der Waals surface area contributed by atoms with Crippen LogP contribution in [0.3, 0.4) is 0 Å². The van der Waals surface area contributed by atoms with Gasteiger partial charge in [-0.25, -0.2) is 14.3 Å². The first kappa shape index (κ1) is 24.9. The maximum Gasteiger partial charge on any atom is 0.490 e. The van der Waals surface area contributed by atoms with E-state index >= 15 is 0 Å². The second-order valence-corrected chi connectivity index (χ2v) is 6.76. The molecule has 2 heterocycles. The fraction of sp³-hybridized carbons (Fsp3) is 0.0455. The zero-order valence-corrected chi connectivity index (χ0v) is 17.6. The molecule has 1 amide bonds.